The van der Waals surface area contributed by atoms with Gasteiger partial charge in [0.25, 0.3) is 5.91 Å². The number of carboxylic acid groups (broad SMARTS) is 1. The lowest BCUT2D eigenvalue weighted by Crippen LogP contribution is -2.51. The highest BCUT2D eigenvalue weighted by Crippen LogP contribution is 2.16. The molecule has 0 aliphatic carbocycles. The first-order valence-corrected chi connectivity index (χ1v) is 7.52. The van der Waals surface area contributed by atoms with Crippen LogP contribution in [0.1, 0.15) is 17.8 Å². The minimum atomic E-state index is -0.829. The second kappa shape index (κ2) is 6.45. The second-order valence-electron chi connectivity index (χ2n) is 5.57. The molecule has 22 heavy (non-hydrogen) atoms. The standard InChI is InChI=1S/C14H20N4O4/c19-13(20)2-1-10-7-11-9-17(4-5-18(11)16-10)14(21)12-8-15-3-6-22-12/h7,12,15H,1-6,8-9H2,(H,19,20)/t12-/m1/s1. The van der Waals surface area contributed by atoms with Gasteiger partial charge in [0.2, 0.25) is 0 Å². The van der Waals surface area contributed by atoms with Crippen LogP contribution in [0.25, 0.3) is 0 Å². The quantitative estimate of drug-likeness (QED) is 0.758. The Morgan fingerprint density at radius 2 is 2.32 bits per heavy atom. The second-order valence-corrected chi connectivity index (χ2v) is 5.57. The van der Waals surface area contributed by atoms with Crippen molar-refractivity contribution in [3.8, 4) is 0 Å². The number of carbonyl (C=O) groups is 2. The van der Waals surface area contributed by atoms with Crippen LogP contribution in [-0.4, -0.2) is 64.0 Å². The van der Waals surface area contributed by atoms with Crippen molar-refractivity contribution in [2.45, 2.75) is 32.0 Å². The number of hydrogen-bond acceptors (Lipinski definition) is 5. The minimum Gasteiger partial charge on any atom is -0.481 e. The highest BCUT2D eigenvalue weighted by Gasteiger charge is 2.29. The molecule has 0 bridgehead atoms. The number of carboxylic acids is 1. The molecular formula is C14H20N4O4. The number of rotatable bonds is 4. The van der Waals surface area contributed by atoms with Gasteiger partial charge >= 0.3 is 5.97 Å². The first-order chi connectivity index (χ1) is 10.6. The average Bonchev–Trinajstić information content (AvgIpc) is 2.95. The van der Waals surface area contributed by atoms with Crippen LogP contribution in [-0.2, 0) is 33.8 Å². The largest absolute Gasteiger partial charge is 0.481 e. The number of fused-ring (bicyclic) bond motifs is 1. The van der Waals surface area contributed by atoms with Gasteiger partial charge in [-0.15, -0.1) is 0 Å². The van der Waals surface area contributed by atoms with E-state index in [9.17, 15) is 9.59 Å². The lowest BCUT2D eigenvalue weighted by molar-refractivity contribution is -0.146. The van der Waals surface area contributed by atoms with Gasteiger partial charge in [0, 0.05) is 26.1 Å². The Bertz CT molecular complexity index is 565. The average molecular weight is 308 g/mol. The summed E-state index contributed by atoms with van der Waals surface area (Å²) in [4.78, 5) is 24.9. The fourth-order valence-corrected chi connectivity index (χ4v) is 2.80. The summed E-state index contributed by atoms with van der Waals surface area (Å²) in [6.45, 7) is 3.63. The number of hydrogen-bond donors (Lipinski definition) is 2. The van der Waals surface area contributed by atoms with E-state index in [4.69, 9.17) is 9.84 Å². The lowest BCUT2D eigenvalue weighted by atomic mass is 10.2. The molecule has 1 saturated heterocycles. The van der Waals surface area contributed by atoms with E-state index >= 15 is 0 Å². The Hall–Kier alpha value is -1.93. The maximum Gasteiger partial charge on any atom is 0.303 e. The summed E-state index contributed by atoms with van der Waals surface area (Å²) in [6, 6.07) is 1.89. The zero-order valence-corrected chi connectivity index (χ0v) is 12.3. The van der Waals surface area contributed by atoms with Crippen molar-refractivity contribution in [1.82, 2.24) is 20.0 Å². The van der Waals surface area contributed by atoms with Crippen molar-refractivity contribution < 1.29 is 19.4 Å². The predicted molar refractivity (Wildman–Crippen MR) is 76.2 cm³/mol. The zero-order valence-electron chi connectivity index (χ0n) is 12.3. The molecule has 1 atom stereocenters. The van der Waals surface area contributed by atoms with Crippen LogP contribution in [0.3, 0.4) is 0 Å². The van der Waals surface area contributed by atoms with Crippen molar-refractivity contribution in [2.24, 2.45) is 0 Å². The van der Waals surface area contributed by atoms with E-state index in [1.165, 1.54) is 0 Å². The molecule has 2 aliphatic rings. The number of aryl methyl sites for hydroxylation is 1. The van der Waals surface area contributed by atoms with Gasteiger partial charge < -0.3 is 20.1 Å². The van der Waals surface area contributed by atoms with Crippen LogP contribution >= 0.6 is 0 Å². The summed E-state index contributed by atoms with van der Waals surface area (Å²) in [7, 11) is 0. The van der Waals surface area contributed by atoms with Gasteiger partial charge in [0.15, 0.2) is 0 Å². The molecule has 0 saturated carbocycles. The Morgan fingerprint density at radius 1 is 1.45 bits per heavy atom. The molecule has 0 unspecified atom stereocenters. The summed E-state index contributed by atoms with van der Waals surface area (Å²) in [5.74, 6) is -0.823. The molecule has 0 spiro atoms. The van der Waals surface area contributed by atoms with Crippen LogP contribution in [0.15, 0.2) is 6.07 Å². The molecule has 120 valence electrons. The van der Waals surface area contributed by atoms with E-state index < -0.39 is 12.1 Å². The predicted octanol–water partition coefficient (Wildman–Crippen LogP) is -0.769. The number of aliphatic carboxylic acids is 1. The minimum absolute atomic E-state index is 0.00624. The van der Waals surface area contributed by atoms with Gasteiger partial charge in [-0.3, -0.25) is 14.3 Å². The van der Waals surface area contributed by atoms with Gasteiger partial charge in [-0.05, 0) is 6.07 Å². The third-order valence-corrected chi connectivity index (χ3v) is 3.96. The number of nitrogens with one attached hydrogen (secondary N) is 1. The Labute approximate surface area is 128 Å². The highest BCUT2D eigenvalue weighted by atomic mass is 16.5. The molecule has 1 fully saturated rings. The maximum absolute atomic E-state index is 12.4. The number of aromatic nitrogens is 2. The van der Waals surface area contributed by atoms with Crippen molar-refractivity contribution >= 4 is 11.9 Å². The molecule has 1 aromatic heterocycles. The summed E-state index contributed by atoms with van der Waals surface area (Å²) in [6.07, 6.45) is 0.0780. The smallest absolute Gasteiger partial charge is 0.303 e. The summed E-state index contributed by atoms with van der Waals surface area (Å²) in [5, 5.41) is 16.3. The maximum atomic E-state index is 12.4. The van der Waals surface area contributed by atoms with Gasteiger partial charge in [0.05, 0.1) is 37.5 Å². The number of ether oxygens (including phenoxy) is 1. The SMILES string of the molecule is O=C(O)CCc1cc2n(n1)CCN(C(=O)[C@H]1CNCCO1)C2. The number of nitrogens with zero attached hydrogens (tertiary/aromatic N) is 3. The first kappa shape index (κ1) is 15.0. The van der Waals surface area contributed by atoms with Crippen molar-refractivity contribution in [1.29, 1.82) is 0 Å². The highest BCUT2D eigenvalue weighted by molar-refractivity contribution is 5.81. The summed E-state index contributed by atoms with van der Waals surface area (Å²) >= 11 is 0. The van der Waals surface area contributed by atoms with Gasteiger partial charge in [-0.2, -0.15) is 5.10 Å². The number of carbonyl (C=O) groups excluding carboxylic acids is 1. The van der Waals surface area contributed by atoms with Gasteiger partial charge in [-0.1, -0.05) is 0 Å². The molecule has 8 nitrogen and oxygen atoms in total. The van der Waals surface area contributed by atoms with Crippen LogP contribution in [0.5, 0.6) is 0 Å². The summed E-state index contributed by atoms with van der Waals surface area (Å²) < 4.78 is 7.37. The van der Waals surface area contributed by atoms with E-state index in [1.54, 1.807) is 4.90 Å². The number of morpholine rings is 1. The molecule has 3 rings (SSSR count). The van der Waals surface area contributed by atoms with Gasteiger partial charge in [-0.25, -0.2) is 0 Å². The fourth-order valence-electron chi connectivity index (χ4n) is 2.80. The zero-order chi connectivity index (χ0) is 15.5. The molecular weight excluding hydrogens is 288 g/mol. The Morgan fingerprint density at radius 3 is 3.05 bits per heavy atom. The molecule has 0 radical (unpaired) electrons. The molecule has 0 aromatic carbocycles. The van der Waals surface area contributed by atoms with Crippen LogP contribution < -0.4 is 5.32 Å². The molecule has 1 amide bonds. The van der Waals surface area contributed by atoms with Gasteiger partial charge in [0.1, 0.15) is 6.10 Å². The third kappa shape index (κ3) is 3.28. The van der Waals surface area contributed by atoms with Crippen molar-refractivity contribution in [3.05, 3.63) is 17.5 Å². The van der Waals surface area contributed by atoms with E-state index in [2.05, 4.69) is 10.4 Å². The fraction of sp³-hybridized carbons (Fsp3) is 0.643. The molecule has 1 aromatic rings. The molecule has 2 aliphatic heterocycles. The van der Waals surface area contributed by atoms with E-state index in [0.29, 0.717) is 39.2 Å². The number of amides is 1. The van der Waals surface area contributed by atoms with Crippen LogP contribution in [0.2, 0.25) is 0 Å². The Kier molecular flexibility index (Phi) is 4.39. The first-order valence-electron chi connectivity index (χ1n) is 7.52. The monoisotopic (exact) mass is 308 g/mol. The van der Waals surface area contributed by atoms with Crippen LogP contribution in [0.4, 0.5) is 0 Å². The molecule has 3 heterocycles. The van der Waals surface area contributed by atoms with Crippen molar-refractivity contribution in [2.75, 3.05) is 26.2 Å². The van der Waals surface area contributed by atoms with E-state index in [0.717, 1.165) is 17.9 Å². The Balaban J connectivity index is 1.63. The molecule has 8 heteroatoms. The van der Waals surface area contributed by atoms with Crippen LogP contribution in [0, 0.1) is 0 Å². The topological polar surface area (TPSA) is 96.7 Å². The van der Waals surface area contributed by atoms with E-state index in [-0.39, 0.29) is 12.3 Å². The normalized spacial score (nSPS) is 21.5. The third-order valence-electron chi connectivity index (χ3n) is 3.96. The summed E-state index contributed by atoms with van der Waals surface area (Å²) in [5.41, 5.74) is 1.71. The lowest BCUT2D eigenvalue weighted by Gasteiger charge is -2.32. The van der Waals surface area contributed by atoms with Crippen molar-refractivity contribution in [3.63, 3.8) is 0 Å². The molecule has 2 N–H and O–H groups in total. The van der Waals surface area contributed by atoms with E-state index in [1.807, 2.05) is 10.7 Å².